The molecule has 1 fully saturated rings. The van der Waals surface area contributed by atoms with Crippen molar-refractivity contribution in [2.24, 2.45) is 0 Å². The summed E-state index contributed by atoms with van der Waals surface area (Å²) >= 11 is 0. The van der Waals surface area contributed by atoms with E-state index in [9.17, 15) is 22.4 Å². The first-order valence-electron chi connectivity index (χ1n) is 12.2. The Morgan fingerprint density at radius 3 is 2.71 bits per heavy atom. The van der Waals surface area contributed by atoms with E-state index in [1.807, 2.05) is 12.1 Å². The third-order valence-electron chi connectivity index (χ3n) is 7.19. The molecule has 9 nitrogen and oxygen atoms in total. The molecule has 0 amide bonds. The molecule has 1 aliphatic carbocycles. The van der Waals surface area contributed by atoms with Crippen LogP contribution in [0, 0.1) is 0 Å². The van der Waals surface area contributed by atoms with Crippen molar-refractivity contribution in [1.29, 1.82) is 0 Å². The van der Waals surface area contributed by atoms with Gasteiger partial charge in [0.15, 0.2) is 5.65 Å². The second-order valence-corrected chi connectivity index (χ2v) is 10.5. The number of alkyl halides is 4. The van der Waals surface area contributed by atoms with E-state index in [4.69, 9.17) is 4.42 Å². The van der Waals surface area contributed by atoms with Crippen LogP contribution in [0.5, 0.6) is 0 Å². The third kappa shape index (κ3) is 4.14. The summed E-state index contributed by atoms with van der Waals surface area (Å²) in [5.74, 6) is 0.0845. The fourth-order valence-corrected chi connectivity index (χ4v) is 4.91. The maximum absolute atomic E-state index is 13.5. The molecule has 1 aliphatic heterocycles. The number of aromatic nitrogens is 5. The molecule has 4 heterocycles. The molecule has 4 aromatic rings. The number of anilines is 2. The van der Waals surface area contributed by atoms with Gasteiger partial charge in [0.05, 0.1) is 5.69 Å². The Kier molecular flexibility index (Phi) is 5.42. The molecule has 2 N–H and O–H groups in total. The Balaban J connectivity index is 1.43. The van der Waals surface area contributed by atoms with Crippen LogP contribution < -0.4 is 16.2 Å². The molecule has 1 saturated carbocycles. The number of oxazole rings is 1. The van der Waals surface area contributed by atoms with E-state index in [-0.39, 0.29) is 34.2 Å². The van der Waals surface area contributed by atoms with Gasteiger partial charge in [-0.15, -0.1) is 0 Å². The number of fused-ring (bicyclic) bond motifs is 3. The number of nitrogens with one attached hydrogen (secondary N) is 2. The molecule has 0 radical (unpaired) electrons. The van der Waals surface area contributed by atoms with Gasteiger partial charge in [-0.3, -0.25) is 9.18 Å². The predicted molar refractivity (Wildman–Crippen MR) is 131 cm³/mol. The lowest BCUT2D eigenvalue weighted by molar-refractivity contribution is -0.144. The van der Waals surface area contributed by atoms with Crippen LogP contribution in [-0.2, 0) is 23.9 Å². The highest BCUT2D eigenvalue weighted by atomic mass is 19.4. The summed E-state index contributed by atoms with van der Waals surface area (Å²) in [7, 11) is 0. The topological polar surface area (TPSA) is 103 Å². The van der Waals surface area contributed by atoms with Crippen molar-refractivity contribution in [2.45, 2.75) is 56.8 Å². The molecular formula is C25H25F4N7O2. The molecule has 0 bridgehead atoms. The van der Waals surface area contributed by atoms with Gasteiger partial charge in [0.1, 0.15) is 24.9 Å². The molecule has 0 atom stereocenters. The molecule has 38 heavy (non-hydrogen) atoms. The smallest absolute Gasteiger partial charge is 0.408 e. The van der Waals surface area contributed by atoms with Gasteiger partial charge < -0.3 is 15.1 Å². The molecular weight excluding hydrogens is 506 g/mol. The second-order valence-electron chi connectivity index (χ2n) is 10.5. The number of halogens is 4. The molecule has 2 aliphatic rings. The average molecular weight is 532 g/mol. The highest BCUT2D eigenvalue weighted by Gasteiger charge is 2.46. The van der Waals surface area contributed by atoms with Gasteiger partial charge in [0.25, 0.3) is 5.56 Å². The molecule has 0 unspecified atom stereocenters. The van der Waals surface area contributed by atoms with Gasteiger partial charge in [-0.1, -0.05) is 19.9 Å². The Bertz CT molecular complexity index is 1600. The van der Waals surface area contributed by atoms with Crippen molar-refractivity contribution in [3.63, 3.8) is 0 Å². The van der Waals surface area contributed by atoms with Gasteiger partial charge >= 0.3 is 12.2 Å². The monoisotopic (exact) mass is 531 g/mol. The van der Waals surface area contributed by atoms with E-state index in [1.54, 1.807) is 13.8 Å². The van der Waals surface area contributed by atoms with Crippen LogP contribution in [0.2, 0.25) is 0 Å². The summed E-state index contributed by atoms with van der Waals surface area (Å²) in [6.45, 7) is 1.67. The van der Waals surface area contributed by atoms with Crippen molar-refractivity contribution in [2.75, 3.05) is 18.5 Å². The minimum Gasteiger partial charge on any atom is -0.430 e. The number of hydrogen-bond acceptors (Lipinski definition) is 7. The molecule has 1 aromatic carbocycles. The van der Waals surface area contributed by atoms with E-state index >= 15 is 0 Å². The minimum absolute atomic E-state index is 0.0740. The summed E-state index contributed by atoms with van der Waals surface area (Å²) in [6, 6.07) is 5.65. The zero-order chi connectivity index (χ0) is 26.9. The predicted octanol–water partition coefficient (Wildman–Crippen LogP) is 4.26. The van der Waals surface area contributed by atoms with Gasteiger partial charge in [-0.2, -0.15) is 27.8 Å². The number of nitrogens with zero attached hydrogens (tertiary/aromatic N) is 5. The summed E-state index contributed by atoms with van der Waals surface area (Å²) in [5.41, 5.74) is 1.35. The number of hydrogen-bond donors (Lipinski definition) is 2. The Labute approximate surface area is 213 Å². The highest BCUT2D eigenvalue weighted by Crippen LogP contribution is 2.49. The average Bonchev–Trinajstić information content (AvgIpc) is 3.35. The van der Waals surface area contributed by atoms with E-state index in [1.165, 1.54) is 17.3 Å². The second kappa shape index (κ2) is 8.38. The summed E-state index contributed by atoms with van der Waals surface area (Å²) in [5, 5.41) is 6.54. The molecule has 3 aromatic heterocycles. The van der Waals surface area contributed by atoms with E-state index in [0.29, 0.717) is 10.4 Å². The largest absolute Gasteiger partial charge is 0.430 e. The fourth-order valence-electron chi connectivity index (χ4n) is 4.91. The maximum Gasteiger partial charge on any atom is 0.408 e. The van der Waals surface area contributed by atoms with Crippen molar-refractivity contribution in [3.05, 3.63) is 57.8 Å². The van der Waals surface area contributed by atoms with Crippen molar-refractivity contribution in [3.8, 4) is 6.01 Å². The number of benzene rings is 1. The SMILES string of the molecule is CC(C)(CF)c1coc(-n2c3nc(Nc4ccc5c(c4)CCNC54CC4)ncc3c(=O)n2CC(F)(F)F)n1. The standard InChI is InChI=1S/C25H25F4N7O2/c1-23(2,12-26)18-11-38-22(33-18)36-19-16(20(37)35(36)13-25(27,28)29)10-30-21(34-19)32-15-3-4-17-14(9-15)5-8-31-24(17)6-7-24/h3-4,9-11,31H,5-8,12-13H2,1-2H3,(H,30,32,34). The first-order chi connectivity index (χ1) is 18.0. The fraction of sp³-hybridized carbons (Fsp3) is 0.440. The summed E-state index contributed by atoms with van der Waals surface area (Å²) in [4.78, 5) is 25.7. The normalized spacial score (nSPS) is 16.7. The lowest BCUT2D eigenvalue weighted by atomic mass is 9.92. The maximum atomic E-state index is 13.5. The zero-order valence-corrected chi connectivity index (χ0v) is 20.7. The molecule has 1 spiro atoms. The zero-order valence-electron chi connectivity index (χ0n) is 20.7. The lowest BCUT2D eigenvalue weighted by Crippen LogP contribution is -2.36. The Morgan fingerprint density at radius 2 is 2.00 bits per heavy atom. The first-order valence-corrected chi connectivity index (χ1v) is 12.2. The Hall–Kier alpha value is -3.74. The van der Waals surface area contributed by atoms with E-state index in [2.05, 4.69) is 31.7 Å². The van der Waals surface area contributed by atoms with Crippen LogP contribution >= 0.6 is 0 Å². The molecule has 0 saturated heterocycles. The van der Waals surface area contributed by atoms with Crippen LogP contribution in [0.15, 0.2) is 39.9 Å². The van der Waals surface area contributed by atoms with Crippen LogP contribution in [0.3, 0.4) is 0 Å². The number of rotatable bonds is 6. The van der Waals surface area contributed by atoms with Gasteiger partial charge in [-0.25, -0.2) is 9.67 Å². The summed E-state index contributed by atoms with van der Waals surface area (Å²) in [6.07, 6.45) is 0.697. The lowest BCUT2D eigenvalue weighted by Gasteiger charge is -2.27. The molecule has 6 rings (SSSR count). The van der Waals surface area contributed by atoms with Gasteiger partial charge in [0.2, 0.25) is 5.95 Å². The van der Waals surface area contributed by atoms with Crippen molar-refractivity contribution >= 4 is 22.7 Å². The first kappa shape index (κ1) is 24.6. The third-order valence-corrected chi connectivity index (χ3v) is 7.19. The van der Waals surface area contributed by atoms with Gasteiger partial charge in [-0.05, 0) is 42.5 Å². The van der Waals surface area contributed by atoms with Crippen molar-refractivity contribution < 1.29 is 22.0 Å². The van der Waals surface area contributed by atoms with Crippen LogP contribution in [0.25, 0.3) is 17.0 Å². The van der Waals surface area contributed by atoms with Crippen LogP contribution in [0.1, 0.15) is 43.5 Å². The minimum atomic E-state index is -4.71. The van der Waals surface area contributed by atoms with Crippen molar-refractivity contribution in [1.82, 2.24) is 29.6 Å². The van der Waals surface area contributed by atoms with E-state index in [0.717, 1.165) is 36.8 Å². The van der Waals surface area contributed by atoms with Crippen LogP contribution in [0.4, 0.5) is 29.2 Å². The van der Waals surface area contributed by atoms with Gasteiger partial charge in [0, 0.05) is 29.4 Å². The van der Waals surface area contributed by atoms with E-state index < -0.39 is 30.4 Å². The highest BCUT2D eigenvalue weighted by molar-refractivity contribution is 5.76. The van der Waals surface area contributed by atoms with Crippen LogP contribution in [-0.4, -0.2) is 43.7 Å². The Morgan fingerprint density at radius 1 is 1.21 bits per heavy atom. The quantitative estimate of drug-likeness (QED) is 0.359. The molecule has 13 heteroatoms. The molecule has 200 valence electrons. The summed E-state index contributed by atoms with van der Waals surface area (Å²) < 4.78 is 60.6.